The second kappa shape index (κ2) is 13.2. The molecule has 2 unspecified atom stereocenters. The third-order valence-corrected chi connectivity index (χ3v) is 8.04. The van der Waals surface area contributed by atoms with Crippen LogP contribution in [0.3, 0.4) is 0 Å². The molecular weight excluding hydrogens is 578 g/mol. The van der Waals surface area contributed by atoms with E-state index < -0.39 is 5.60 Å². The van der Waals surface area contributed by atoms with Crippen molar-refractivity contribution in [3.8, 4) is 22.3 Å². The van der Waals surface area contributed by atoms with Crippen molar-refractivity contribution in [2.45, 2.75) is 66.2 Å². The Morgan fingerprint density at radius 3 is 2.13 bits per heavy atom. The van der Waals surface area contributed by atoms with Crippen LogP contribution in [0.4, 0.5) is 10.5 Å². The molecule has 0 N–H and O–H groups in total. The highest BCUT2D eigenvalue weighted by molar-refractivity contribution is 6.09. The predicted molar refractivity (Wildman–Crippen MR) is 183 cm³/mol. The number of fused-ring (bicyclic) bond motifs is 2. The number of hydrogen-bond donors (Lipinski definition) is 0. The molecule has 0 radical (unpaired) electrons. The Hall–Kier alpha value is -4.92. The zero-order valence-corrected chi connectivity index (χ0v) is 27.9. The smallest absolute Gasteiger partial charge is 0.410 e. The van der Waals surface area contributed by atoms with Crippen LogP contribution in [0.2, 0.25) is 0 Å². The Morgan fingerprint density at radius 1 is 0.826 bits per heavy atom. The SMILES string of the molecule is CC.COC(=O)c1cccc2c(-c3cnn4cc(-c5ccc(N6C(C)CN(C(=O)OC(C)(C)C)CC6C)cc5)cnc34)cccc12. The van der Waals surface area contributed by atoms with E-state index in [-0.39, 0.29) is 24.1 Å². The molecule has 9 heteroatoms. The lowest BCUT2D eigenvalue weighted by molar-refractivity contribution is 0.0192. The van der Waals surface area contributed by atoms with Crippen LogP contribution in [0.25, 0.3) is 38.7 Å². The summed E-state index contributed by atoms with van der Waals surface area (Å²) in [6.45, 7) is 15.2. The molecule has 1 aliphatic heterocycles. The van der Waals surface area contributed by atoms with Gasteiger partial charge < -0.3 is 19.3 Å². The van der Waals surface area contributed by atoms with E-state index in [0.29, 0.717) is 18.7 Å². The molecule has 46 heavy (non-hydrogen) atoms. The number of carbonyl (C=O) groups excluding carboxylic acids is 2. The van der Waals surface area contributed by atoms with Crippen molar-refractivity contribution in [2.75, 3.05) is 25.1 Å². The quantitative estimate of drug-likeness (QED) is 0.189. The molecule has 1 aliphatic rings. The first-order valence-electron chi connectivity index (χ1n) is 15.8. The lowest BCUT2D eigenvalue weighted by Gasteiger charge is -2.45. The number of piperazine rings is 1. The third kappa shape index (κ3) is 6.40. The van der Waals surface area contributed by atoms with Crippen LogP contribution < -0.4 is 4.90 Å². The predicted octanol–water partition coefficient (Wildman–Crippen LogP) is 7.86. The van der Waals surface area contributed by atoms with Gasteiger partial charge in [-0.25, -0.2) is 19.1 Å². The molecule has 2 aromatic heterocycles. The van der Waals surface area contributed by atoms with E-state index in [2.05, 4.69) is 48.1 Å². The monoisotopic (exact) mass is 621 g/mol. The van der Waals surface area contributed by atoms with Gasteiger partial charge in [0.1, 0.15) is 5.60 Å². The highest BCUT2D eigenvalue weighted by Crippen LogP contribution is 2.34. The second-order valence-corrected chi connectivity index (χ2v) is 12.4. The molecule has 5 aromatic rings. The molecule has 1 amide bonds. The number of rotatable bonds is 4. The summed E-state index contributed by atoms with van der Waals surface area (Å²) < 4.78 is 12.4. The minimum atomic E-state index is -0.516. The summed E-state index contributed by atoms with van der Waals surface area (Å²) in [5.41, 5.74) is 5.65. The van der Waals surface area contributed by atoms with Gasteiger partial charge in [-0.05, 0) is 74.7 Å². The summed E-state index contributed by atoms with van der Waals surface area (Å²) in [6, 6.07) is 20.2. The maximum atomic E-state index is 12.7. The van der Waals surface area contributed by atoms with Crippen LogP contribution in [-0.4, -0.2) is 69.4 Å². The number of nitrogens with zero attached hydrogens (tertiary/aromatic N) is 5. The fraction of sp³-hybridized carbons (Fsp3) is 0.351. The molecule has 3 aromatic carbocycles. The molecule has 0 aliphatic carbocycles. The van der Waals surface area contributed by atoms with E-state index in [0.717, 1.165) is 44.4 Å². The molecule has 240 valence electrons. The van der Waals surface area contributed by atoms with Gasteiger partial charge in [-0.3, -0.25) is 0 Å². The Morgan fingerprint density at radius 2 is 1.48 bits per heavy atom. The maximum Gasteiger partial charge on any atom is 0.410 e. The van der Waals surface area contributed by atoms with Crippen molar-refractivity contribution < 1.29 is 19.1 Å². The van der Waals surface area contributed by atoms with E-state index in [9.17, 15) is 9.59 Å². The number of esters is 1. The van der Waals surface area contributed by atoms with Crippen LogP contribution in [0.5, 0.6) is 0 Å². The number of anilines is 1. The van der Waals surface area contributed by atoms with Crippen molar-refractivity contribution in [3.63, 3.8) is 0 Å². The summed E-state index contributed by atoms with van der Waals surface area (Å²) in [4.78, 5) is 34.0. The molecule has 1 fully saturated rings. The Balaban J connectivity index is 0.00000204. The molecule has 6 rings (SSSR count). The standard InChI is InChI=1S/C35H37N5O4.C2H6/c1-22-19-38(34(42)44-35(3,4)5)20-23(2)40(22)26-15-13-24(14-16-26)25-17-36-32-31(18-37-39(32)21-25)29-11-7-10-28-27(29)9-8-12-30(28)33(41)43-6;1-2/h7-18,21-23H,19-20H2,1-6H3;1-2H3. The highest BCUT2D eigenvalue weighted by atomic mass is 16.6. The molecule has 2 atom stereocenters. The molecule has 0 spiro atoms. The number of hydrogen-bond acceptors (Lipinski definition) is 7. The van der Waals surface area contributed by atoms with Crippen LogP contribution >= 0.6 is 0 Å². The minimum Gasteiger partial charge on any atom is -0.465 e. The van der Waals surface area contributed by atoms with Crippen molar-refractivity contribution >= 4 is 34.2 Å². The van der Waals surface area contributed by atoms with Gasteiger partial charge >= 0.3 is 12.1 Å². The first kappa shape index (κ1) is 32.5. The van der Waals surface area contributed by atoms with E-state index in [1.165, 1.54) is 7.11 Å². The Kier molecular flexibility index (Phi) is 9.32. The summed E-state index contributed by atoms with van der Waals surface area (Å²) in [7, 11) is 1.39. The van der Waals surface area contributed by atoms with Crippen molar-refractivity contribution in [3.05, 3.63) is 84.8 Å². The molecule has 1 saturated heterocycles. The van der Waals surface area contributed by atoms with Gasteiger partial charge in [0.05, 0.1) is 18.9 Å². The van der Waals surface area contributed by atoms with Gasteiger partial charge in [0.25, 0.3) is 0 Å². The number of ether oxygens (including phenoxy) is 2. The lowest BCUT2D eigenvalue weighted by Crippen LogP contribution is -2.58. The van der Waals surface area contributed by atoms with Gasteiger partial charge in [0.2, 0.25) is 0 Å². The van der Waals surface area contributed by atoms with Crippen molar-refractivity contribution in [1.29, 1.82) is 0 Å². The van der Waals surface area contributed by atoms with E-state index >= 15 is 0 Å². The zero-order chi connectivity index (χ0) is 33.2. The van der Waals surface area contributed by atoms with Gasteiger partial charge in [-0.15, -0.1) is 0 Å². The first-order valence-corrected chi connectivity index (χ1v) is 15.8. The van der Waals surface area contributed by atoms with Crippen LogP contribution in [0, 0.1) is 0 Å². The summed E-state index contributed by atoms with van der Waals surface area (Å²) in [6.07, 6.45) is 5.40. The van der Waals surface area contributed by atoms with Gasteiger partial charge in [0.15, 0.2) is 5.65 Å². The first-order chi connectivity index (χ1) is 22.0. The average Bonchev–Trinajstić information content (AvgIpc) is 3.47. The minimum absolute atomic E-state index is 0.135. The molecular formula is C37H43N5O4. The second-order valence-electron chi connectivity index (χ2n) is 12.4. The summed E-state index contributed by atoms with van der Waals surface area (Å²) in [5, 5.41) is 6.38. The number of carbonyl (C=O) groups is 2. The number of aromatic nitrogens is 3. The molecule has 0 saturated carbocycles. The fourth-order valence-corrected chi connectivity index (χ4v) is 6.18. The molecule has 9 nitrogen and oxygen atoms in total. The van der Waals surface area contributed by atoms with E-state index in [4.69, 9.17) is 14.5 Å². The summed E-state index contributed by atoms with van der Waals surface area (Å²) >= 11 is 0. The van der Waals surface area contributed by atoms with Gasteiger partial charge in [0, 0.05) is 54.4 Å². The van der Waals surface area contributed by atoms with E-state index in [1.807, 2.05) is 83.5 Å². The number of amides is 1. The van der Waals surface area contributed by atoms with Crippen LogP contribution in [-0.2, 0) is 9.47 Å². The van der Waals surface area contributed by atoms with Crippen molar-refractivity contribution in [1.82, 2.24) is 19.5 Å². The topological polar surface area (TPSA) is 89.3 Å². The lowest BCUT2D eigenvalue weighted by atomic mass is 9.97. The normalized spacial score (nSPS) is 16.6. The van der Waals surface area contributed by atoms with Crippen molar-refractivity contribution in [2.24, 2.45) is 0 Å². The molecule has 3 heterocycles. The average molecular weight is 622 g/mol. The van der Waals surface area contributed by atoms with E-state index in [1.54, 1.807) is 15.5 Å². The Labute approximate surface area is 270 Å². The van der Waals surface area contributed by atoms with Gasteiger partial charge in [-0.1, -0.05) is 56.3 Å². The van der Waals surface area contributed by atoms with Crippen LogP contribution in [0.15, 0.2) is 79.3 Å². The highest BCUT2D eigenvalue weighted by Gasteiger charge is 2.34. The number of methoxy groups -OCH3 is 1. The van der Waals surface area contributed by atoms with Crippen LogP contribution in [0.1, 0.15) is 58.8 Å². The number of benzene rings is 3. The van der Waals surface area contributed by atoms with Gasteiger partial charge in [-0.2, -0.15) is 5.10 Å². The Bertz CT molecular complexity index is 1850. The zero-order valence-electron chi connectivity index (χ0n) is 27.9. The third-order valence-electron chi connectivity index (χ3n) is 8.04. The molecule has 0 bridgehead atoms. The fourth-order valence-electron chi connectivity index (χ4n) is 6.18. The largest absolute Gasteiger partial charge is 0.465 e. The summed E-state index contributed by atoms with van der Waals surface area (Å²) in [5.74, 6) is -0.367. The maximum absolute atomic E-state index is 12.7.